The van der Waals surface area contributed by atoms with Gasteiger partial charge in [-0.25, -0.2) is 19.4 Å². The molecule has 0 radical (unpaired) electrons. The average molecular weight is 421 g/mol. The van der Waals surface area contributed by atoms with Crippen molar-refractivity contribution in [3.05, 3.63) is 52.9 Å². The van der Waals surface area contributed by atoms with Crippen molar-refractivity contribution in [3.63, 3.8) is 0 Å². The molecule has 1 amide bonds. The zero-order valence-corrected chi connectivity index (χ0v) is 16.2. The van der Waals surface area contributed by atoms with Crippen LogP contribution in [-0.2, 0) is 4.84 Å². The van der Waals surface area contributed by atoms with E-state index in [1.165, 1.54) is 10.6 Å². The van der Waals surface area contributed by atoms with Crippen molar-refractivity contribution in [1.82, 2.24) is 24.9 Å². The number of carbonyl (C=O) groups is 1. The molecule has 2 aliphatic heterocycles. The molecule has 1 N–H and O–H groups in total. The van der Waals surface area contributed by atoms with E-state index in [0.717, 1.165) is 19.0 Å². The lowest BCUT2D eigenvalue weighted by molar-refractivity contribution is 0.0914. The van der Waals surface area contributed by atoms with Gasteiger partial charge in [0, 0.05) is 18.1 Å². The van der Waals surface area contributed by atoms with Crippen molar-refractivity contribution in [2.75, 3.05) is 18.3 Å². The quantitative estimate of drug-likeness (QED) is 0.557. The van der Waals surface area contributed by atoms with E-state index in [4.69, 9.17) is 16.1 Å². The van der Waals surface area contributed by atoms with Crippen LogP contribution < -0.4 is 15.1 Å². The average Bonchev–Trinajstić information content (AvgIpc) is 3.20. The number of hydrogen-bond acceptors (Lipinski definition) is 7. The number of hydrogen-bond donors (Lipinski definition) is 1. The van der Waals surface area contributed by atoms with Crippen molar-refractivity contribution < 1.29 is 18.8 Å². The lowest BCUT2D eigenvalue weighted by Gasteiger charge is -2.25. The van der Waals surface area contributed by atoms with Crippen molar-refractivity contribution in [2.45, 2.75) is 30.8 Å². The predicted molar refractivity (Wildman–Crippen MR) is 104 cm³/mol. The number of hydroxylamine groups is 1. The molecular weight excluding hydrogens is 405 g/mol. The molecule has 6 rings (SSSR count). The van der Waals surface area contributed by atoms with E-state index in [2.05, 4.69) is 25.2 Å². The smallest absolute Gasteiger partial charge is 0.310 e. The van der Waals surface area contributed by atoms with Gasteiger partial charge in [-0.3, -0.25) is 9.63 Å². The van der Waals surface area contributed by atoms with Crippen molar-refractivity contribution in [3.8, 4) is 5.88 Å². The van der Waals surface area contributed by atoms with Crippen LogP contribution in [0.3, 0.4) is 0 Å². The van der Waals surface area contributed by atoms with Crippen LogP contribution in [0.4, 0.5) is 16.0 Å². The van der Waals surface area contributed by atoms with Crippen LogP contribution in [0.2, 0.25) is 0 Å². The third-order valence-electron chi connectivity index (χ3n) is 5.84. The van der Waals surface area contributed by atoms with E-state index in [9.17, 15) is 9.18 Å². The van der Waals surface area contributed by atoms with Gasteiger partial charge in [0.1, 0.15) is 18.0 Å². The van der Waals surface area contributed by atoms with Crippen molar-refractivity contribution in [2.24, 2.45) is 0 Å². The molecule has 10 nitrogen and oxygen atoms in total. The highest BCUT2D eigenvalue weighted by molar-refractivity contribution is 6.05. The highest BCUT2D eigenvalue weighted by atomic mass is 19.1. The molecule has 3 aromatic heterocycles. The van der Waals surface area contributed by atoms with E-state index in [0.29, 0.717) is 30.3 Å². The van der Waals surface area contributed by atoms with E-state index < -0.39 is 17.3 Å². The molecule has 3 aromatic rings. The topological polar surface area (TPSA) is 98.2 Å². The molecule has 1 unspecified atom stereocenters. The summed E-state index contributed by atoms with van der Waals surface area (Å²) < 4.78 is 21.5. The second kappa shape index (κ2) is 6.36. The number of amides is 1. The number of nitrogens with zero attached hydrogens (tertiary/aromatic N) is 6. The van der Waals surface area contributed by atoms with Crippen LogP contribution in [0.15, 0.2) is 24.5 Å². The zero-order valence-electron chi connectivity index (χ0n) is 16.2. The van der Waals surface area contributed by atoms with Gasteiger partial charge in [-0.1, -0.05) is 6.57 Å². The fourth-order valence-corrected chi connectivity index (χ4v) is 4.06. The number of aromatic nitrogens is 4. The first-order valence-corrected chi connectivity index (χ1v) is 9.87. The maximum atomic E-state index is 14.1. The molecule has 1 saturated heterocycles. The molecule has 31 heavy (non-hydrogen) atoms. The third kappa shape index (κ3) is 2.79. The Labute approximate surface area is 175 Å². The van der Waals surface area contributed by atoms with Gasteiger partial charge < -0.3 is 14.9 Å². The highest BCUT2D eigenvalue weighted by Gasteiger charge is 2.46. The van der Waals surface area contributed by atoms with Crippen LogP contribution in [0.1, 0.15) is 41.2 Å². The van der Waals surface area contributed by atoms with Gasteiger partial charge in [-0.2, -0.15) is 0 Å². The summed E-state index contributed by atoms with van der Waals surface area (Å²) in [4.78, 5) is 31.1. The Bertz CT molecular complexity index is 1280. The lowest BCUT2D eigenvalue weighted by atomic mass is 10.1. The number of halogens is 1. The summed E-state index contributed by atoms with van der Waals surface area (Å²) in [7, 11) is 0. The number of anilines is 1. The highest BCUT2D eigenvalue weighted by Crippen LogP contribution is 2.41. The third-order valence-corrected chi connectivity index (χ3v) is 5.84. The molecule has 0 aromatic carbocycles. The van der Waals surface area contributed by atoms with E-state index in [1.807, 2.05) is 0 Å². The molecule has 5 heterocycles. The first-order valence-electron chi connectivity index (χ1n) is 9.87. The minimum atomic E-state index is -0.574. The molecule has 1 saturated carbocycles. The van der Waals surface area contributed by atoms with Crippen molar-refractivity contribution >= 4 is 23.2 Å². The minimum absolute atomic E-state index is 0.0281. The first kappa shape index (κ1) is 18.0. The van der Waals surface area contributed by atoms with Gasteiger partial charge in [-0.15, -0.1) is 4.52 Å². The summed E-state index contributed by atoms with van der Waals surface area (Å²) in [6.07, 6.45) is 4.75. The summed E-state index contributed by atoms with van der Waals surface area (Å²) in [5, 5.41) is 8.74. The van der Waals surface area contributed by atoms with Crippen LogP contribution in [0.5, 0.6) is 5.88 Å². The normalized spacial score (nSPS) is 21.4. The van der Waals surface area contributed by atoms with Crippen LogP contribution in [0.25, 0.3) is 10.5 Å². The fraction of sp³-hybridized carbons (Fsp3) is 0.350. The van der Waals surface area contributed by atoms with Crippen LogP contribution >= 0.6 is 0 Å². The van der Waals surface area contributed by atoms with Gasteiger partial charge in [0.25, 0.3) is 0 Å². The number of fused-ring (bicyclic) bond motifs is 5. The summed E-state index contributed by atoms with van der Waals surface area (Å²) in [5.41, 5.74) is 0.343. The molecule has 1 aliphatic carbocycles. The second-order valence-electron chi connectivity index (χ2n) is 7.90. The predicted octanol–water partition coefficient (Wildman–Crippen LogP) is 2.35. The summed E-state index contributed by atoms with van der Waals surface area (Å²) in [5.74, 6) is -0.225. The van der Waals surface area contributed by atoms with Gasteiger partial charge >= 0.3 is 5.82 Å². The van der Waals surface area contributed by atoms with Gasteiger partial charge in [-0.05, 0) is 24.0 Å². The second-order valence-corrected chi connectivity index (χ2v) is 7.90. The van der Waals surface area contributed by atoms with Gasteiger partial charge in [0.2, 0.25) is 11.8 Å². The number of ether oxygens (including phenoxy) is 1. The Balaban J connectivity index is 1.57. The molecular formula is C20H16FN7O3. The fourth-order valence-electron chi connectivity index (χ4n) is 4.06. The maximum absolute atomic E-state index is 14.1. The number of rotatable bonds is 0. The maximum Gasteiger partial charge on any atom is 0.310 e. The molecule has 2 bridgehead atoms. The largest absolute Gasteiger partial charge is 0.475 e. The SMILES string of the molecule is [C-]#[N+]c1nn2ccc3nc2c1C(=O)NC1(CC1)COc1ncc(F)cc1C1CCON31. The summed E-state index contributed by atoms with van der Waals surface area (Å²) in [6, 6.07) is 2.69. The summed E-state index contributed by atoms with van der Waals surface area (Å²) >= 11 is 0. The van der Waals surface area contributed by atoms with E-state index >= 15 is 0 Å². The minimum Gasteiger partial charge on any atom is -0.475 e. The lowest BCUT2D eigenvalue weighted by Crippen LogP contribution is -2.41. The number of pyridine rings is 1. The molecule has 1 spiro atoms. The molecule has 2 fully saturated rings. The Morgan fingerprint density at radius 2 is 2.26 bits per heavy atom. The van der Waals surface area contributed by atoms with Gasteiger partial charge in [0.05, 0.1) is 30.6 Å². The van der Waals surface area contributed by atoms with Crippen LogP contribution in [0, 0.1) is 12.4 Å². The zero-order chi connectivity index (χ0) is 21.2. The number of nitrogens with one attached hydrogen (secondary N) is 1. The Kier molecular flexibility index (Phi) is 3.70. The van der Waals surface area contributed by atoms with Gasteiger partial charge in [0.15, 0.2) is 11.5 Å². The van der Waals surface area contributed by atoms with E-state index in [1.54, 1.807) is 17.3 Å². The molecule has 1 atom stereocenters. The van der Waals surface area contributed by atoms with Crippen LogP contribution in [-0.4, -0.2) is 44.2 Å². The first-order chi connectivity index (χ1) is 15.1. The Hall–Kier alpha value is -3.78. The molecule has 156 valence electrons. The summed E-state index contributed by atoms with van der Waals surface area (Å²) in [6.45, 7) is 8.03. The molecule has 3 aliphatic rings. The monoisotopic (exact) mass is 421 g/mol. The Morgan fingerprint density at radius 1 is 1.39 bits per heavy atom. The number of carbonyl (C=O) groups excluding carboxylic acids is 1. The standard InChI is InChI=1S/C20H16FN7O3/c1-22-16-15-17-24-14(2-6-27(17)26-16)28-13(3-7-31-28)12-8-11(21)9-23-19(12)30-10-20(4-5-20)25-18(15)29/h2,6,8-9,13H,3-5,7,10H2,(H,25,29). The van der Waals surface area contributed by atoms with Crippen molar-refractivity contribution in [1.29, 1.82) is 0 Å². The van der Waals surface area contributed by atoms with E-state index in [-0.39, 0.29) is 29.7 Å². The molecule has 11 heteroatoms. The Morgan fingerprint density at radius 3 is 3.06 bits per heavy atom.